The van der Waals surface area contributed by atoms with Crippen molar-refractivity contribution in [1.82, 2.24) is 10.6 Å². The van der Waals surface area contributed by atoms with Crippen molar-refractivity contribution in [2.75, 3.05) is 46.6 Å². The molecule has 0 aromatic heterocycles. The lowest BCUT2D eigenvalue weighted by Gasteiger charge is -2.16. The molecular weight excluding hydrogens is 469 g/mol. The number of nitrogens with zero attached hydrogens (tertiary/aromatic N) is 1. The van der Waals surface area contributed by atoms with Crippen LogP contribution >= 0.6 is 24.0 Å². The Kier molecular flexibility index (Phi) is 12.9. The van der Waals surface area contributed by atoms with Gasteiger partial charge in [-0.2, -0.15) is 0 Å². The lowest BCUT2D eigenvalue weighted by atomic mass is 10.1. The Morgan fingerprint density at radius 1 is 1.25 bits per heavy atom. The molecule has 0 saturated carbocycles. The first-order chi connectivity index (χ1) is 13.2. The normalized spacial score (nSPS) is 14.1. The molecule has 158 valence electrons. The SMILES string of the molecule is CCNC(=NCc1ccc(C)cc1OCCOC)NCCC1=CCOCC1.I. The van der Waals surface area contributed by atoms with E-state index in [1.165, 1.54) is 11.1 Å². The second-order valence-electron chi connectivity index (χ2n) is 6.51. The molecule has 0 radical (unpaired) electrons. The van der Waals surface area contributed by atoms with Gasteiger partial charge in [0.25, 0.3) is 0 Å². The second-order valence-corrected chi connectivity index (χ2v) is 6.51. The Hall–Kier alpha value is -1.32. The van der Waals surface area contributed by atoms with Crippen LogP contribution in [-0.4, -0.2) is 52.6 Å². The van der Waals surface area contributed by atoms with E-state index < -0.39 is 0 Å². The number of benzene rings is 1. The van der Waals surface area contributed by atoms with Crippen LogP contribution in [0.3, 0.4) is 0 Å². The Morgan fingerprint density at radius 3 is 2.82 bits per heavy atom. The molecule has 0 fully saturated rings. The fourth-order valence-corrected chi connectivity index (χ4v) is 2.80. The monoisotopic (exact) mass is 503 g/mol. The highest BCUT2D eigenvalue weighted by Gasteiger charge is 2.06. The number of rotatable bonds is 10. The summed E-state index contributed by atoms with van der Waals surface area (Å²) in [7, 11) is 1.68. The predicted octanol–water partition coefficient (Wildman–Crippen LogP) is 3.43. The zero-order chi connectivity index (χ0) is 19.3. The molecule has 0 bridgehead atoms. The summed E-state index contributed by atoms with van der Waals surface area (Å²) in [6, 6.07) is 6.22. The van der Waals surface area contributed by atoms with Gasteiger partial charge in [-0.1, -0.05) is 23.8 Å². The molecule has 0 unspecified atom stereocenters. The summed E-state index contributed by atoms with van der Waals surface area (Å²) < 4.78 is 16.3. The van der Waals surface area contributed by atoms with Gasteiger partial charge in [0.15, 0.2) is 5.96 Å². The maximum Gasteiger partial charge on any atom is 0.191 e. The minimum absolute atomic E-state index is 0. The number of aliphatic imine (C=N–C) groups is 1. The molecule has 0 amide bonds. The Labute approximate surface area is 186 Å². The Morgan fingerprint density at radius 2 is 2.11 bits per heavy atom. The number of ether oxygens (including phenoxy) is 3. The quantitative estimate of drug-likeness (QED) is 0.169. The number of hydrogen-bond donors (Lipinski definition) is 2. The van der Waals surface area contributed by atoms with Crippen LogP contribution in [0, 0.1) is 6.92 Å². The van der Waals surface area contributed by atoms with Crippen molar-refractivity contribution in [2.24, 2.45) is 4.99 Å². The van der Waals surface area contributed by atoms with E-state index in [2.05, 4.69) is 48.8 Å². The van der Waals surface area contributed by atoms with Gasteiger partial charge in [0.05, 0.1) is 26.4 Å². The van der Waals surface area contributed by atoms with Crippen molar-refractivity contribution >= 4 is 29.9 Å². The molecule has 1 heterocycles. The van der Waals surface area contributed by atoms with E-state index in [0.717, 1.165) is 56.4 Å². The van der Waals surface area contributed by atoms with Crippen molar-refractivity contribution in [2.45, 2.75) is 33.2 Å². The summed E-state index contributed by atoms with van der Waals surface area (Å²) in [5.74, 6) is 1.70. The average molecular weight is 503 g/mol. The summed E-state index contributed by atoms with van der Waals surface area (Å²) in [5, 5.41) is 6.73. The van der Waals surface area contributed by atoms with E-state index in [4.69, 9.17) is 19.2 Å². The topological polar surface area (TPSA) is 64.1 Å². The number of methoxy groups -OCH3 is 1. The molecule has 0 spiro atoms. The molecule has 28 heavy (non-hydrogen) atoms. The van der Waals surface area contributed by atoms with Crippen molar-refractivity contribution in [1.29, 1.82) is 0 Å². The van der Waals surface area contributed by atoms with Gasteiger partial charge in [0.2, 0.25) is 0 Å². The van der Waals surface area contributed by atoms with Crippen molar-refractivity contribution in [3.05, 3.63) is 41.0 Å². The van der Waals surface area contributed by atoms with Crippen LogP contribution in [0.2, 0.25) is 0 Å². The minimum atomic E-state index is 0. The van der Waals surface area contributed by atoms with Crippen LogP contribution < -0.4 is 15.4 Å². The zero-order valence-corrected chi connectivity index (χ0v) is 19.6. The van der Waals surface area contributed by atoms with Gasteiger partial charge >= 0.3 is 0 Å². The highest BCUT2D eigenvalue weighted by molar-refractivity contribution is 14.0. The average Bonchev–Trinajstić information content (AvgIpc) is 2.68. The second kappa shape index (κ2) is 14.6. The first kappa shape index (κ1) is 24.7. The standard InChI is InChI=1S/C21H33N3O3.HI/c1-4-22-21(23-10-7-18-8-11-26-12-9-18)24-16-19-6-5-17(2)15-20(19)27-14-13-25-3;/h5-6,8,15H,4,7,9-14,16H2,1-3H3,(H2,22,23,24);1H. The molecule has 7 heteroatoms. The molecule has 2 rings (SSSR count). The lowest BCUT2D eigenvalue weighted by molar-refractivity contribution is 0.145. The summed E-state index contributed by atoms with van der Waals surface area (Å²) in [6.07, 6.45) is 4.23. The van der Waals surface area contributed by atoms with Gasteiger partial charge in [0, 0.05) is 25.8 Å². The highest BCUT2D eigenvalue weighted by atomic mass is 127. The Bertz CT molecular complexity index is 635. The van der Waals surface area contributed by atoms with Crippen LogP contribution in [-0.2, 0) is 16.0 Å². The first-order valence-electron chi connectivity index (χ1n) is 9.72. The van der Waals surface area contributed by atoms with E-state index in [-0.39, 0.29) is 24.0 Å². The maximum atomic E-state index is 5.86. The number of halogens is 1. The molecule has 1 aliphatic heterocycles. The van der Waals surface area contributed by atoms with E-state index >= 15 is 0 Å². The lowest BCUT2D eigenvalue weighted by Crippen LogP contribution is -2.38. The summed E-state index contributed by atoms with van der Waals surface area (Å²) >= 11 is 0. The Balaban J connectivity index is 0.00000392. The third-order valence-corrected chi connectivity index (χ3v) is 4.32. The maximum absolute atomic E-state index is 5.86. The molecule has 6 nitrogen and oxygen atoms in total. The van der Waals surface area contributed by atoms with Gasteiger partial charge in [0.1, 0.15) is 12.4 Å². The van der Waals surface area contributed by atoms with E-state index in [1.807, 2.05) is 0 Å². The summed E-state index contributed by atoms with van der Waals surface area (Å²) in [6.45, 7) is 9.07. The zero-order valence-electron chi connectivity index (χ0n) is 17.3. The molecule has 0 atom stereocenters. The third-order valence-electron chi connectivity index (χ3n) is 4.32. The van der Waals surface area contributed by atoms with Gasteiger partial charge in [-0.25, -0.2) is 4.99 Å². The highest BCUT2D eigenvalue weighted by Crippen LogP contribution is 2.21. The smallest absolute Gasteiger partial charge is 0.191 e. The fourth-order valence-electron chi connectivity index (χ4n) is 2.80. The molecular formula is C21H34IN3O3. The molecule has 1 aromatic rings. The minimum Gasteiger partial charge on any atom is -0.491 e. The van der Waals surface area contributed by atoms with Crippen LogP contribution in [0.5, 0.6) is 5.75 Å². The van der Waals surface area contributed by atoms with Crippen molar-refractivity contribution < 1.29 is 14.2 Å². The number of hydrogen-bond acceptors (Lipinski definition) is 4. The molecule has 0 aliphatic carbocycles. The summed E-state index contributed by atoms with van der Waals surface area (Å²) in [4.78, 5) is 4.72. The van der Waals surface area contributed by atoms with E-state index in [0.29, 0.717) is 19.8 Å². The van der Waals surface area contributed by atoms with Crippen LogP contribution in [0.1, 0.15) is 30.9 Å². The van der Waals surface area contributed by atoms with Gasteiger partial charge in [-0.3, -0.25) is 0 Å². The number of nitrogens with one attached hydrogen (secondary N) is 2. The van der Waals surface area contributed by atoms with E-state index in [9.17, 15) is 0 Å². The van der Waals surface area contributed by atoms with Crippen LogP contribution in [0.15, 0.2) is 34.8 Å². The van der Waals surface area contributed by atoms with Gasteiger partial charge < -0.3 is 24.8 Å². The fraction of sp³-hybridized carbons (Fsp3) is 0.571. The van der Waals surface area contributed by atoms with Gasteiger partial charge in [-0.15, -0.1) is 24.0 Å². The van der Waals surface area contributed by atoms with Crippen molar-refractivity contribution in [3.8, 4) is 5.75 Å². The predicted molar refractivity (Wildman–Crippen MR) is 125 cm³/mol. The molecule has 1 aromatic carbocycles. The largest absolute Gasteiger partial charge is 0.491 e. The number of aryl methyl sites for hydroxylation is 1. The van der Waals surface area contributed by atoms with Crippen LogP contribution in [0.25, 0.3) is 0 Å². The summed E-state index contributed by atoms with van der Waals surface area (Å²) in [5.41, 5.74) is 3.70. The van der Waals surface area contributed by atoms with Gasteiger partial charge in [-0.05, 0) is 38.3 Å². The first-order valence-corrected chi connectivity index (χ1v) is 9.72. The number of guanidine groups is 1. The molecule has 0 saturated heterocycles. The third kappa shape index (κ3) is 9.25. The molecule has 2 N–H and O–H groups in total. The van der Waals surface area contributed by atoms with Crippen molar-refractivity contribution in [3.63, 3.8) is 0 Å². The molecule has 1 aliphatic rings. The van der Waals surface area contributed by atoms with Crippen LogP contribution in [0.4, 0.5) is 0 Å². The van der Waals surface area contributed by atoms with E-state index in [1.54, 1.807) is 7.11 Å².